The first-order valence-electron chi connectivity index (χ1n) is 6.08. The number of nitrogens with one attached hydrogen (secondary N) is 1. The monoisotopic (exact) mass is 249 g/mol. The van der Waals surface area contributed by atoms with Gasteiger partial charge in [0.25, 0.3) is 0 Å². The Labute approximate surface area is 107 Å². The van der Waals surface area contributed by atoms with E-state index in [0.29, 0.717) is 13.0 Å². The van der Waals surface area contributed by atoms with E-state index in [2.05, 4.69) is 5.32 Å². The Morgan fingerprint density at radius 3 is 2.50 bits per heavy atom. The Morgan fingerprint density at radius 2 is 1.89 bits per heavy atom. The number of benzene rings is 1. The lowest BCUT2D eigenvalue weighted by molar-refractivity contribution is -0.155. The quantitative estimate of drug-likeness (QED) is 0.636. The van der Waals surface area contributed by atoms with Gasteiger partial charge in [-0.1, -0.05) is 44.2 Å². The van der Waals surface area contributed by atoms with E-state index in [1.165, 1.54) is 0 Å². The Kier molecular flexibility index (Phi) is 5.91. The van der Waals surface area contributed by atoms with Gasteiger partial charge in [0.15, 0.2) is 0 Å². The van der Waals surface area contributed by atoms with Gasteiger partial charge >= 0.3 is 11.9 Å². The molecule has 4 heteroatoms. The molecule has 0 bridgehead atoms. The lowest BCUT2D eigenvalue weighted by atomic mass is 10.1. The van der Waals surface area contributed by atoms with Crippen molar-refractivity contribution in [3.05, 3.63) is 35.9 Å². The van der Waals surface area contributed by atoms with Crippen molar-refractivity contribution in [2.45, 2.75) is 20.3 Å². The van der Waals surface area contributed by atoms with Gasteiger partial charge in [-0.25, -0.2) is 4.79 Å². The highest BCUT2D eigenvalue weighted by atomic mass is 16.5. The van der Waals surface area contributed by atoms with Crippen LogP contribution in [-0.2, 0) is 20.7 Å². The van der Waals surface area contributed by atoms with E-state index in [1.807, 2.05) is 44.2 Å². The van der Waals surface area contributed by atoms with Crippen molar-refractivity contribution < 1.29 is 14.3 Å². The second-order valence-corrected chi connectivity index (χ2v) is 4.48. The fraction of sp³-hybridized carbons (Fsp3) is 0.429. The summed E-state index contributed by atoms with van der Waals surface area (Å²) in [6, 6.07) is 9.76. The standard InChI is InChI=1S/C14H19NO3/c1-11(2)10-18-14(17)13(16)15-9-8-12-6-4-3-5-7-12/h3-7,11H,8-10H2,1-2H3,(H,15,16). The van der Waals surface area contributed by atoms with E-state index >= 15 is 0 Å². The molecule has 1 aromatic carbocycles. The van der Waals surface area contributed by atoms with Crippen molar-refractivity contribution in [2.75, 3.05) is 13.2 Å². The van der Waals surface area contributed by atoms with Crippen LogP contribution in [0, 0.1) is 5.92 Å². The minimum Gasteiger partial charge on any atom is -0.458 e. The van der Waals surface area contributed by atoms with Crippen molar-refractivity contribution in [1.82, 2.24) is 5.32 Å². The molecule has 0 spiro atoms. The molecule has 0 radical (unpaired) electrons. The third-order valence-electron chi connectivity index (χ3n) is 2.28. The number of rotatable bonds is 5. The normalized spacial score (nSPS) is 10.2. The number of hydrogen-bond donors (Lipinski definition) is 1. The van der Waals surface area contributed by atoms with Crippen LogP contribution in [0.3, 0.4) is 0 Å². The van der Waals surface area contributed by atoms with Crippen molar-refractivity contribution in [3.63, 3.8) is 0 Å². The molecule has 1 amide bonds. The molecule has 1 aromatic rings. The molecule has 0 aliphatic rings. The highest BCUT2D eigenvalue weighted by Crippen LogP contribution is 1.98. The number of carbonyl (C=O) groups excluding carboxylic acids is 2. The Balaban J connectivity index is 2.23. The van der Waals surface area contributed by atoms with Gasteiger partial charge in [0.2, 0.25) is 0 Å². The Bertz CT molecular complexity index is 387. The van der Waals surface area contributed by atoms with Gasteiger partial charge in [-0.2, -0.15) is 0 Å². The Hall–Kier alpha value is -1.84. The maximum Gasteiger partial charge on any atom is 0.396 e. The third kappa shape index (κ3) is 5.48. The first-order valence-corrected chi connectivity index (χ1v) is 6.08. The first kappa shape index (κ1) is 14.2. The molecule has 0 aliphatic heterocycles. The fourth-order valence-corrected chi connectivity index (χ4v) is 1.35. The summed E-state index contributed by atoms with van der Waals surface area (Å²) in [6.07, 6.45) is 0.698. The second kappa shape index (κ2) is 7.48. The summed E-state index contributed by atoms with van der Waals surface area (Å²) in [5.74, 6) is -1.26. The van der Waals surface area contributed by atoms with Crippen LogP contribution in [0.25, 0.3) is 0 Å². The smallest absolute Gasteiger partial charge is 0.396 e. The molecule has 0 fully saturated rings. The van der Waals surface area contributed by atoms with E-state index in [0.717, 1.165) is 5.56 Å². The highest BCUT2D eigenvalue weighted by Gasteiger charge is 2.14. The zero-order valence-corrected chi connectivity index (χ0v) is 10.8. The van der Waals surface area contributed by atoms with Crippen LogP contribution in [0.1, 0.15) is 19.4 Å². The molecular formula is C14H19NO3. The molecule has 0 aliphatic carbocycles. The van der Waals surface area contributed by atoms with Gasteiger partial charge in [-0.15, -0.1) is 0 Å². The molecule has 1 N–H and O–H groups in total. The fourth-order valence-electron chi connectivity index (χ4n) is 1.35. The third-order valence-corrected chi connectivity index (χ3v) is 2.28. The first-order chi connectivity index (χ1) is 8.59. The molecule has 0 unspecified atom stereocenters. The van der Waals surface area contributed by atoms with E-state index in [-0.39, 0.29) is 12.5 Å². The van der Waals surface area contributed by atoms with Crippen molar-refractivity contribution in [1.29, 1.82) is 0 Å². The second-order valence-electron chi connectivity index (χ2n) is 4.48. The maximum absolute atomic E-state index is 11.4. The lowest BCUT2D eigenvalue weighted by Gasteiger charge is -2.07. The summed E-state index contributed by atoms with van der Waals surface area (Å²) < 4.78 is 4.82. The molecule has 0 heterocycles. The van der Waals surface area contributed by atoms with Crippen LogP contribution in [-0.4, -0.2) is 25.0 Å². The molecule has 0 aromatic heterocycles. The van der Waals surface area contributed by atoms with Crippen molar-refractivity contribution >= 4 is 11.9 Å². The summed E-state index contributed by atoms with van der Waals surface area (Å²) >= 11 is 0. The van der Waals surface area contributed by atoms with Crippen LogP contribution in [0.15, 0.2) is 30.3 Å². The zero-order chi connectivity index (χ0) is 13.4. The summed E-state index contributed by atoms with van der Waals surface area (Å²) in [5, 5.41) is 2.54. The summed E-state index contributed by atoms with van der Waals surface area (Å²) in [6.45, 7) is 4.53. The molecule has 0 saturated heterocycles. The van der Waals surface area contributed by atoms with Gasteiger partial charge in [0, 0.05) is 6.54 Å². The topological polar surface area (TPSA) is 55.4 Å². The van der Waals surface area contributed by atoms with Gasteiger partial charge in [-0.05, 0) is 17.9 Å². The number of carbonyl (C=O) groups is 2. The molecule has 0 saturated carbocycles. The van der Waals surface area contributed by atoms with Crippen LogP contribution >= 0.6 is 0 Å². The molecule has 1 rings (SSSR count). The van der Waals surface area contributed by atoms with Crippen molar-refractivity contribution in [3.8, 4) is 0 Å². The minimum absolute atomic E-state index is 0.228. The SMILES string of the molecule is CC(C)COC(=O)C(=O)NCCc1ccccc1. The van der Waals surface area contributed by atoms with Gasteiger partial charge < -0.3 is 10.1 Å². The molecular weight excluding hydrogens is 230 g/mol. The Morgan fingerprint density at radius 1 is 1.22 bits per heavy atom. The predicted molar refractivity (Wildman–Crippen MR) is 69.0 cm³/mol. The zero-order valence-electron chi connectivity index (χ0n) is 10.8. The lowest BCUT2D eigenvalue weighted by Crippen LogP contribution is -2.34. The molecule has 98 valence electrons. The number of esters is 1. The van der Waals surface area contributed by atoms with Crippen LogP contribution in [0.5, 0.6) is 0 Å². The maximum atomic E-state index is 11.4. The van der Waals surface area contributed by atoms with E-state index in [4.69, 9.17) is 4.74 Å². The number of hydrogen-bond acceptors (Lipinski definition) is 3. The van der Waals surface area contributed by atoms with E-state index in [1.54, 1.807) is 0 Å². The summed E-state index contributed by atoms with van der Waals surface area (Å²) in [7, 11) is 0. The largest absolute Gasteiger partial charge is 0.458 e. The van der Waals surface area contributed by atoms with Crippen LogP contribution in [0.4, 0.5) is 0 Å². The number of ether oxygens (including phenoxy) is 1. The summed E-state index contributed by atoms with van der Waals surface area (Å²) in [5.41, 5.74) is 1.12. The molecule has 4 nitrogen and oxygen atoms in total. The average molecular weight is 249 g/mol. The molecule has 18 heavy (non-hydrogen) atoms. The van der Waals surface area contributed by atoms with Crippen LogP contribution < -0.4 is 5.32 Å². The predicted octanol–water partition coefficient (Wildman–Crippen LogP) is 1.54. The number of amides is 1. The highest BCUT2D eigenvalue weighted by molar-refractivity contribution is 6.32. The average Bonchev–Trinajstić information content (AvgIpc) is 2.37. The minimum atomic E-state index is -0.809. The van der Waals surface area contributed by atoms with Crippen molar-refractivity contribution in [2.24, 2.45) is 5.92 Å². The van der Waals surface area contributed by atoms with Gasteiger partial charge in [0.05, 0.1) is 6.61 Å². The van der Waals surface area contributed by atoms with Gasteiger partial charge in [-0.3, -0.25) is 4.79 Å². The van der Waals surface area contributed by atoms with Gasteiger partial charge in [0.1, 0.15) is 0 Å². The summed E-state index contributed by atoms with van der Waals surface area (Å²) in [4.78, 5) is 22.6. The van der Waals surface area contributed by atoms with E-state index < -0.39 is 11.9 Å². The van der Waals surface area contributed by atoms with Crippen LogP contribution in [0.2, 0.25) is 0 Å². The molecule has 0 atom stereocenters. The van der Waals surface area contributed by atoms with E-state index in [9.17, 15) is 9.59 Å².